The largest absolute Gasteiger partial charge is 0.389 e. The molecule has 2 heteroatoms. The first-order valence-electron chi connectivity index (χ1n) is 7.30. The van der Waals surface area contributed by atoms with Crippen molar-refractivity contribution in [3.05, 3.63) is 29.3 Å². The summed E-state index contributed by atoms with van der Waals surface area (Å²) in [6.45, 7) is 4.22. The molecule has 3 rings (SSSR count). The first-order chi connectivity index (χ1) is 8.75. The monoisotopic (exact) mass is 245 g/mol. The summed E-state index contributed by atoms with van der Waals surface area (Å²) in [5.41, 5.74) is 3.88. The summed E-state index contributed by atoms with van der Waals surface area (Å²) in [5.74, 6) is 0.895. The van der Waals surface area contributed by atoms with Gasteiger partial charge >= 0.3 is 0 Å². The highest BCUT2D eigenvalue weighted by Gasteiger charge is 2.26. The third-order valence-electron chi connectivity index (χ3n) is 4.56. The zero-order chi connectivity index (χ0) is 12.5. The number of benzene rings is 1. The molecule has 1 aliphatic heterocycles. The van der Waals surface area contributed by atoms with E-state index in [1.54, 1.807) is 0 Å². The number of anilines is 1. The molecule has 1 aromatic rings. The Morgan fingerprint density at radius 1 is 1.33 bits per heavy atom. The van der Waals surface area contributed by atoms with Crippen molar-refractivity contribution in [3.63, 3.8) is 0 Å². The molecule has 1 saturated carbocycles. The minimum absolute atomic E-state index is 0.341. The molecule has 0 amide bonds. The van der Waals surface area contributed by atoms with Crippen molar-refractivity contribution in [2.45, 2.75) is 45.1 Å². The van der Waals surface area contributed by atoms with Crippen LogP contribution >= 0.6 is 0 Å². The molecule has 1 atom stereocenters. The Morgan fingerprint density at radius 3 is 2.83 bits per heavy atom. The molecule has 0 radical (unpaired) electrons. The maximum atomic E-state index is 9.84. The van der Waals surface area contributed by atoms with Crippen molar-refractivity contribution in [2.75, 3.05) is 18.0 Å². The van der Waals surface area contributed by atoms with Gasteiger partial charge in [0.05, 0.1) is 6.10 Å². The lowest BCUT2D eigenvalue weighted by Gasteiger charge is -2.23. The highest BCUT2D eigenvalue weighted by atomic mass is 16.3. The lowest BCUT2D eigenvalue weighted by Crippen LogP contribution is -2.26. The molecule has 1 fully saturated rings. The lowest BCUT2D eigenvalue weighted by molar-refractivity contribution is 0.198. The maximum absolute atomic E-state index is 9.84. The average molecular weight is 245 g/mol. The fraction of sp³-hybridized carbons (Fsp3) is 0.625. The molecule has 1 aromatic carbocycles. The maximum Gasteiger partial charge on any atom is 0.0765 e. The lowest BCUT2D eigenvalue weighted by atomic mass is 10.0. The molecule has 1 aliphatic carbocycles. The summed E-state index contributed by atoms with van der Waals surface area (Å²) in [6, 6.07) is 6.39. The SMILES string of the molecule is CC(O)c1cccc2c1CCN2CC1CCCC1. The summed E-state index contributed by atoms with van der Waals surface area (Å²) < 4.78 is 0. The summed E-state index contributed by atoms with van der Waals surface area (Å²) in [4.78, 5) is 2.54. The van der Waals surface area contributed by atoms with E-state index >= 15 is 0 Å². The predicted octanol–water partition coefficient (Wildman–Crippen LogP) is 3.29. The Balaban J connectivity index is 1.80. The van der Waals surface area contributed by atoms with Crippen molar-refractivity contribution >= 4 is 5.69 Å². The summed E-state index contributed by atoms with van der Waals surface area (Å²) in [7, 11) is 0. The van der Waals surface area contributed by atoms with E-state index in [0.29, 0.717) is 0 Å². The summed E-state index contributed by atoms with van der Waals surface area (Å²) in [6.07, 6.45) is 6.40. The van der Waals surface area contributed by atoms with Crippen LogP contribution < -0.4 is 4.90 Å². The number of aliphatic hydroxyl groups excluding tert-OH is 1. The van der Waals surface area contributed by atoms with E-state index in [1.807, 2.05) is 6.92 Å². The van der Waals surface area contributed by atoms with Crippen molar-refractivity contribution in [3.8, 4) is 0 Å². The van der Waals surface area contributed by atoms with Crippen molar-refractivity contribution in [1.82, 2.24) is 0 Å². The molecule has 1 N–H and O–H groups in total. The number of rotatable bonds is 3. The molecule has 0 bridgehead atoms. The number of fused-ring (bicyclic) bond motifs is 1. The minimum atomic E-state index is -0.341. The molecule has 0 spiro atoms. The van der Waals surface area contributed by atoms with Crippen LogP contribution in [0, 0.1) is 5.92 Å². The van der Waals surface area contributed by atoms with Crippen LogP contribution in [-0.4, -0.2) is 18.2 Å². The van der Waals surface area contributed by atoms with Crippen molar-refractivity contribution in [1.29, 1.82) is 0 Å². The molecule has 0 saturated heterocycles. The van der Waals surface area contributed by atoms with E-state index in [1.165, 1.54) is 43.5 Å². The molecule has 1 heterocycles. The first-order valence-corrected chi connectivity index (χ1v) is 7.30. The van der Waals surface area contributed by atoms with Gasteiger partial charge in [0.2, 0.25) is 0 Å². The highest BCUT2D eigenvalue weighted by Crippen LogP contribution is 2.35. The quantitative estimate of drug-likeness (QED) is 0.883. The smallest absolute Gasteiger partial charge is 0.0765 e. The van der Waals surface area contributed by atoms with Crippen molar-refractivity contribution < 1.29 is 5.11 Å². The van der Waals surface area contributed by atoms with E-state index in [2.05, 4.69) is 23.1 Å². The average Bonchev–Trinajstić information content (AvgIpc) is 2.99. The third kappa shape index (κ3) is 2.14. The van der Waals surface area contributed by atoms with E-state index in [9.17, 15) is 5.11 Å². The second-order valence-electron chi connectivity index (χ2n) is 5.87. The Hall–Kier alpha value is -1.02. The van der Waals surface area contributed by atoms with Crippen LogP contribution in [0.15, 0.2) is 18.2 Å². The fourth-order valence-electron chi connectivity index (χ4n) is 3.61. The minimum Gasteiger partial charge on any atom is -0.389 e. The zero-order valence-corrected chi connectivity index (χ0v) is 11.2. The number of hydrogen-bond acceptors (Lipinski definition) is 2. The van der Waals surface area contributed by atoms with Gasteiger partial charge in [0, 0.05) is 18.8 Å². The van der Waals surface area contributed by atoms with Crippen LogP contribution in [0.2, 0.25) is 0 Å². The van der Waals surface area contributed by atoms with Crippen LogP contribution in [0.1, 0.15) is 49.8 Å². The Kier molecular flexibility index (Phi) is 3.29. The molecular formula is C16H23NO. The van der Waals surface area contributed by atoms with Crippen LogP contribution in [0.25, 0.3) is 0 Å². The first kappa shape index (κ1) is 12.0. The third-order valence-corrected chi connectivity index (χ3v) is 4.56. The van der Waals surface area contributed by atoms with Crippen LogP contribution in [0.3, 0.4) is 0 Å². The number of nitrogens with zero attached hydrogens (tertiary/aromatic N) is 1. The molecule has 2 aliphatic rings. The van der Waals surface area contributed by atoms with Gasteiger partial charge in [-0.25, -0.2) is 0 Å². The van der Waals surface area contributed by atoms with E-state index < -0.39 is 0 Å². The fourth-order valence-corrected chi connectivity index (χ4v) is 3.61. The summed E-state index contributed by atoms with van der Waals surface area (Å²) in [5, 5.41) is 9.84. The Bertz CT molecular complexity index is 421. The van der Waals surface area contributed by atoms with Gasteiger partial charge < -0.3 is 10.0 Å². The number of aliphatic hydroxyl groups is 1. The molecule has 1 unspecified atom stereocenters. The molecular weight excluding hydrogens is 222 g/mol. The van der Waals surface area contributed by atoms with Gasteiger partial charge in [-0.05, 0) is 49.3 Å². The van der Waals surface area contributed by atoms with Crippen LogP contribution in [0.5, 0.6) is 0 Å². The summed E-state index contributed by atoms with van der Waals surface area (Å²) >= 11 is 0. The van der Waals surface area contributed by atoms with Gasteiger partial charge in [-0.15, -0.1) is 0 Å². The van der Waals surface area contributed by atoms with E-state index in [-0.39, 0.29) is 6.10 Å². The highest BCUT2D eigenvalue weighted by molar-refractivity contribution is 5.61. The Morgan fingerprint density at radius 2 is 2.11 bits per heavy atom. The molecule has 98 valence electrons. The van der Waals surface area contributed by atoms with Crippen LogP contribution in [-0.2, 0) is 6.42 Å². The number of hydrogen-bond donors (Lipinski definition) is 1. The topological polar surface area (TPSA) is 23.5 Å². The van der Waals surface area contributed by atoms with Crippen molar-refractivity contribution in [2.24, 2.45) is 5.92 Å². The van der Waals surface area contributed by atoms with Gasteiger partial charge in [0.25, 0.3) is 0 Å². The normalized spacial score (nSPS) is 21.3. The zero-order valence-electron chi connectivity index (χ0n) is 11.2. The van der Waals surface area contributed by atoms with Crippen LogP contribution in [0.4, 0.5) is 5.69 Å². The Labute approximate surface area is 110 Å². The van der Waals surface area contributed by atoms with Gasteiger partial charge in [-0.2, -0.15) is 0 Å². The standard InChI is InChI=1S/C16H23NO/c1-12(18)14-7-4-8-16-15(14)9-10-17(16)11-13-5-2-3-6-13/h4,7-8,12-13,18H,2-3,5-6,9-11H2,1H3. The van der Waals surface area contributed by atoms with Gasteiger partial charge in [0.15, 0.2) is 0 Å². The second kappa shape index (κ2) is 4.93. The van der Waals surface area contributed by atoms with Gasteiger partial charge in [-0.1, -0.05) is 25.0 Å². The van der Waals surface area contributed by atoms with E-state index in [4.69, 9.17) is 0 Å². The predicted molar refractivity (Wildman–Crippen MR) is 75.0 cm³/mol. The van der Waals surface area contributed by atoms with Gasteiger partial charge in [-0.3, -0.25) is 0 Å². The molecule has 2 nitrogen and oxygen atoms in total. The van der Waals surface area contributed by atoms with E-state index in [0.717, 1.165) is 24.4 Å². The van der Waals surface area contributed by atoms with Gasteiger partial charge in [0.1, 0.15) is 0 Å². The molecule has 18 heavy (non-hydrogen) atoms. The molecule has 0 aromatic heterocycles. The second-order valence-corrected chi connectivity index (χ2v) is 5.87.